The Morgan fingerprint density at radius 3 is 2.45 bits per heavy atom. The number of methoxy groups -OCH3 is 2. The lowest BCUT2D eigenvalue weighted by atomic mass is 10.1. The summed E-state index contributed by atoms with van der Waals surface area (Å²) >= 11 is 1.75. The molecule has 1 saturated heterocycles. The van der Waals surface area contributed by atoms with E-state index < -0.39 is 0 Å². The highest BCUT2D eigenvalue weighted by atomic mass is 32.1. The van der Waals surface area contributed by atoms with Crippen molar-refractivity contribution in [3.63, 3.8) is 0 Å². The van der Waals surface area contributed by atoms with Crippen LogP contribution in [-0.4, -0.2) is 50.4 Å². The zero-order valence-electron chi connectivity index (χ0n) is 17.6. The molecule has 4 aromatic rings. The molecule has 31 heavy (non-hydrogen) atoms. The van der Waals surface area contributed by atoms with Gasteiger partial charge in [-0.15, -0.1) is 11.3 Å². The van der Waals surface area contributed by atoms with Crippen molar-refractivity contribution in [2.45, 2.75) is 0 Å². The molecule has 0 radical (unpaired) electrons. The number of benzene rings is 2. The average Bonchev–Trinajstić information content (AvgIpc) is 3.28. The van der Waals surface area contributed by atoms with Gasteiger partial charge in [0.15, 0.2) is 11.5 Å². The molecular formula is C24H24N4O2S. The number of aromatic nitrogens is 2. The second kappa shape index (κ2) is 8.43. The second-order valence-electron chi connectivity index (χ2n) is 7.42. The third-order valence-electron chi connectivity index (χ3n) is 5.71. The number of ether oxygens (including phenoxy) is 2. The largest absolute Gasteiger partial charge is 0.493 e. The van der Waals surface area contributed by atoms with Gasteiger partial charge in [-0.3, -0.25) is 4.98 Å². The first kappa shape index (κ1) is 19.6. The van der Waals surface area contributed by atoms with Gasteiger partial charge in [0.1, 0.15) is 5.82 Å². The van der Waals surface area contributed by atoms with Gasteiger partial charge in [0.2, 0.25) is 0 Å². The van der Waals surface area contributed by atoms with E-state index in [-0.39, 0.29) is 0 Å². The Morgan fingerprint density at radius 1 is 0.871 bits per heavy atom. The maximum atomic E-state index is 5.46. The zero-order valence-corrected chi connectivity index (χ0v) is 18.4. The van der Waals surface area contributed by atoms with E-state index in [9.17, 15) is 0 Å². The number of nitrogens with zero attached hydrogens (tertiary/aromatic N) is 4. The molecule has 1 aliphatic rings. The normalized spacial score (nSPS) is 14.1. The Morgan fingerprint density at radius 2 is 1.65 bits per heavy atom. The molecule has 0 bridgehead atoms. The minimum atomic E-state index is 0.748. The third kappa shape index (κ3) is 3.77. The van der Waals surface area contributed by atoms with E-state index >= 15 is 0 Å². The number of fused-ring (bicyclic) bond motifs is 1. The minimum absolute atomic E-state index is 0.748. The molecule has 158 valence electrons. The van der Waals surface area contributed by atoms with Crippen LogP contribution < -0.4 is 19.3 Å². The predicted octanol–water partition coefficient (Wildman–Crippen LogP) is 4.70. The first-order valence-corrected chi connectivity index (χ1v) is 11.2. The summed E-state index contributed by atoms with van der Waals surface area (Å²) in [6.07, 6.45) is 3.72. The lowest BCUT2D eigenvalue weighted by Gasteiger charge is -2.36. The van der Waals surface area contributed by atoms with Gasteiger partial charge in [-0.25, -0.2) is 4.98 Å². The van der Waals surface area contributed by atoms with Crippen LogP contribution in [0, 0.1) is 0 Å². The van der Waals surface area contributed by atoms with E-state index in [4.69, 9.17) is 14.5 Å². The van der Waals surface area contributed by atoms with Crippen molar-refractivity contribution in [3.05, 3.63) is 60.2 Å². The number of hydrogen-bond acceptors (Lipinski definition) is 7. The van der Waals surface area contributed by atoms with Crippen LogP contribution in [0.3, 0.4) is 0 Å². The fourth-order valence-corrected chi connectivity index (χ4v) is 4.98. The van der Waals surface area contributed by atoms with Gasteiger partial charge in [-0.1, -0.05) is 18.2 Å². The van der Waals surface area contributed by atoms with E-state index in [0.29, 0.717) is 0 Å². The van der Waals surface area contributed by atoms with E-state index in [1.165, 1.54) is 10.1 Å². The number of anilines is 2. The molecule has 1 fully saturated rings. The highest BCUT2D eigenvalue weighted by Crippen LogP contribution is 2.34. The van der Waals surface area contributed by atoms with Crippen LogP contribution >= 0.6 is 11.3 Å². The Hall–Kier alpha value is -3.32. The standard InChI is InChI=1S/C24H24N4O2S/c1-29-21-8-7-17(13-22(21)30-2)27-9-11-28(12-10-27)24-15-25-14-20(26-24)19-16-31-23-6-4-3-5-18(19)23/h3-8,13-16H,9-12H2,1-2H3. The Bertz CT molecular complexity index is 1200. The van der Waals surface area contributed by atoms with Gasteiger partial charge in [-0.05, 0) is 18.2 Å². The SMILES string of the molecule is COc1ccc(N2CCN(c3cncc(-c4csc5ccccc45)n3)CC2)cc1OC. The fourth-order valence-electron chi connectivity index (χ4n) is 4.03. The monoisotopic (exact) mass is 432 g/mol. The van der Waals surface area contributed by atoms with Crippen molar-refractivity contribution in [2.75, 3.05) is 50.2 Å². The lowest BCUT2D eigenvalue weighted by molar-refractivity contribution is 0.355. The van der Waals surface area contributed by atoms with E-state index in [1.54, 1.807) is 25.6 Å². The summed E-state index contributed by atoms with van der Waals surface area (Å²) in [7, 11) is 3.33. The number of hydrogen-bond donors (Lipinski definition) is 0. The predicted molar refractivity (Wildman–Crippen MR) is 127 cm³/mol. The van der Waals surface area contributed by atoms with Gasteiger partial charge in [0.25, 0.3) is 0 Å². The molecule has 5 rings (SSSR count). The summed E-state index contributed by atoms with van der Waals surface area (Å²) < 4.78 is 12.1. The molecule has 0 amide bonds. The van der Waals surface area contributed by atoms with Crippen LogP contribution in [0.15, 0.2) is 60.2 Å². The minimum Gasteiger partial charge on any atom is -0.493 e. The van der Waals surface area contributed by atoms with Crippen molar-refractivity contribution in [2.24, 2.45) is 0 Å². The van der Waals surface area contributed by atoms with Crippen LogP contribution in [0.4, 0.5) is 11.5 Å². The Balaban J connectivity index is 1.33. The van der Waals surface area contributed by atoms with Crippen LogP contribution in [0.2, 0.25) is 0 Å². The number of thiophene rings is 1. The van der Waals surface area contributed by atoms with Gasteiger partial charge < -0.3 is 19.3 Å². The van der Waals surface area contributed by atoms with Crippen LogP contribution in [0.1, 0.15) is 0 Å². The topological polar surface area (TPSA) is 50.7 Å². The van der Waals surface area contributed by atoms with Crippen molar-refractivity contribution in [3.8, 4) is 22.8 Å². The van der Waals surface area contributed by atoms with Crippen molar-refractivity contribution in [1.29, 1.82) is 0 Å². The van der Waals surface area contributed by atoms with Crippen LogP contribution in [-0.2, 0) is 0 Å². The molecule has 0 atom stereocenters. The highest BCUT2D eigenvalue weighted by molar-refractivity contribution is 7.17. The summed E-state index contributed by atoms with van der Waals surface area (Å²) in [5.74, 6) is 2.43. The molecule has 6 nitrogen and oxygen atoms in total. The molecule has 0 N–H and O–H groups in total. The third-order valence-corrected chi connectivity index (χ3v) is 6.68. The average molecular weight is 433 g/mol. The Kier molecular flexibility index (Phi) is 5.34. The molecule has 0 unspecified atom stereocenters. The molecule has 2 aromatic carbocycles. The van der Waals surface area contributed by atoms with Gasteiger partial charge in [0, 0.05) is 59.0 Å². The molecule has 2 aromatic heterocycles. The maximum Gasteiger partial charge on any atom is 0.162 e. The molecule has 7 heteroatoms. The molecule has 0 spiro atoms. The molecule has 1 aliphatic heterocycles. The molecule has 3 heterocycles. The lowest BCUT2D eigenvalue weighted by Crippen LogP contribution is -2.46. The quantitative estimate of drug-likeness (QED) is 0.456. The second-order valence-corrected chi connectivity index (χ2v) is 8.33. The summed E-state index contributed by atoms with van der Waals surface area (Å²) in [4.78, 5) is 14.1. The van der Waals surface area contributed by atoms with E-state index in [2.05, 4.69) is 50.5 Å². The number of piperazine rings is 1. The fraction of sp³-hybridized carbons (Fsp3) is 0.250. The number of rotatable bonds is 5. The molecule has 0 aliphatic carbocycles. The summed E-state index contributed by atoms with van der Waals surface area (Å²) in [5.41, 5.74) is 3.22. The van der Waals surface area contributed by atoms with Gasteiger partial charge >= 0.3 is 0 Å². The first-order chi connectivity index (χ1) is 15.3. The van der Waals surface area contributed by atoms with E-state index in [0.717, 1.165) is 60.4 Å². The zero-order chi connectivity index (χ0) is 21.2. The van der Waals surface area contributed by atoms with Crippen LogP contribution in [0.5, 0.6) is 11.5 Å². The van der Waals surface area contributed by atoms with Gasteiger partial charge in [-0.2, -0.15) is 0 Å². The van der Waals surface area contributed by atoms with Crippen molar-refractivity contribution in [1.82, 2.24) is 9.97 Å². The van der Waals surface area contributed by atoms with Crippen LogP contribution in [0.25, 0.3) is 21.3 Å². The maximum absolute atomic E-state index is 5.46. The summed E-state index contributed by atoms with van der Waals surface area (Å²) in [6.45, 7) is 3.58. The Labute approximate surface area is 185 Å². The van der Waals surface area contributed by atoms with E-state index in [1.807, 2.05) is 24.5 Å². The van der Waals surface area contributed by atoms with Gasteiger partial charge in [0.05, 0.1) is 32.3 Å². The molecule has 0 saturated carbocycles. The first-order valence-electron chi connectivity index (χ1n) is 10.3. The highest BCUT2D eigenvalue weighted by Gasteiger charge is 2.20. The summed E-state index contributed by atoms with van der Waals surface area (Å²) in [6, 6.07) is 14.5. The summed E-state index contributed by atoms with van der Waals surface area (Å²) in [5, 5.41) is 3.41. The van der Waals surface area contributed by atoms with Crippen molar-refractivity contribution >= 4 is 32.9 Å². The van der Waals surface area contributed by atoms with Crippen molar-refractivity contribution < 1.29 is 9.47 Å². The smallest absolute Gasteiger partial charge is 0.162 e. The molecular weight excluding hydrogens is 408 g/mol.